The summed E-state index contributed by atoms with van der Waals surface area (Å²) >= 11 is 0. The van der Waals surface area contributed by atoms with E-state index >= 15 is 0 Å². The zero-order valence-corrected chi connectivity index (χ0v) is 53.0. The summed E-state index contributed by atoms with van der Waals surface area (Å²) in [6.07, 6.45) is 11.7. The van der Waals surface area contributed by atoms with E-state index in [1.54, 1.807) is 18.5 Å². The molecule has 0 saturated carbocycles. The number of Topliss-reactive ketones (excluding diaryl/α,β-unsaturated/α-hetero) is 1. The van der Waals surface area contributed by atoms with Gasteiger partial charge in [-0.3, -0.25) is 53.4 Å². The molecule has 93 heavy (non-hydrogen) atoms. The van der Waals surface area contributed by atoms with E-state index in [1.807, 2.05) is 57.6 Å². The number of unbranched alkanes of at least 4 members (excludes halogenated alkanes) is 4. The molecule has 3 aliphatic heterocycles. The fourth-order valence-corrected chi connectivity index (χ4v) is 9.87. The minimum absolute atomic E-state index is 0.00375. The molecule has 0 aliphatic carbocycles. The van der Waals surface area contributed by atoms with E-state index in [0.717, 1.165) is 71.0 Å². The molecule has 25 nitrogen and oxygen atoms in total. The zero-order chi connectivity index (χ0) is 67.3. The van der Waals surface area contributed by atoms with Crippen molar-refractivity contribution in [1.82, 2.24) is 40.5 Å². The lowest BCUT2D eigenvalue weighted by molar-refractivity contribution is -0.138. The van der Waals surface area contributed by atoms with Crippen molar-refractivity contribution in [1.29, 1.82) is 0 Å². The average molecular weight is 1290 g/mol. The zero-order valence-electron chi connectivity index (χ0n) is 53.0. The third-order valence-corrected chi connectivity index (χ3v) is 14.4. The molecule has 3 N–H and O–H groups in total. The maximum Gasteiger partial charge on any atom is 0.416 e. The van der Waals surface area contributed by atoms with Crippen LogP contribution in [0.4, 0.5) is 24.5 Å². The first-order valence-electron chi connectivity index (χ1n) is 30.8. The Morgan fingerprint density at radius 2 is 1.62 bits per heavy atom. The highest BCUT2D eigenvalue weighted by Gasteiger charge is 2.46. The monoisotopic (exact) mass is 1290 g/mol. The standard InChI is InChI=1S/C29H28F3N3O4.C19H20N6O5.C17H32N4O3/c1-3-9-37-12-13-39-28-26(35-7-10-38-11-8-35)17-23(19-34-28)25-14-21(18-33-20(25)2)15-27(36)22-5-4-6-24(16-22)29(30,31)32;20-24-21-10-3-1-2-7-14(26)22-12-6-4-5-11-16(12)19(30)25(18(11)29)13-8-9-15(27)23-17(13)28;1-14(2)18-17(22)8-6-5-7-9-21-12-16(19-20-21)13-23-10-11-24-15(3)4/h1,4-6,14,16-19H,7-13,15H2,2H3;4-6,13H,1-3,7-10H2,(H,22,26)(H,23,27,28);12,14-15H,5-11,13H2,1-4H3,(H,18,22). The fraction of sp³-hybridized carbons (Fsp3) is 0.492. The smallest absolute Gasteiger partial charge is 0.416 e. The molecule has 0 spiro atoms. The number of ether oxygens (including phenoxy) is 5. The van der Waals surface area contributed by atoms with E-state index in [2.05, 4.69) is 57.1 Å². The van der Waals surface area contributed by atoms with Gasteiger partial charge in [0.25, 0.3) is 11.8 Å². The first kappa shape index (κ1) is 72.9. The number of nitrogens with one attached hydrogen (secondary N) is 3. The number of azide groups is 1. The van der Waals surface area contributed by atoms with Crippen molar-refractivity contribution in [3.8, 4) is 29.4 Å². The number of piperidine rings is 1. The third kappa shape index (κ3) is 23.5. The predicted molar refractivity (Wildman–Crippen MR) is 337 cm³/mol. The summed E-state index contributed by atoms with van der Waals surface area (Å²) in [6, 6.07) is 11.9. The summed E-state index contributed by atoms with van der Waals surface area (Å²) < 4.78 is 68.7. The highest BCUT2D eigenvalue weighted by atomic mass is 19.4. The molecule has 0 radical (unpaired) electrons. The molecule has 8 rings (SSSR count). The van der Waals surface area contributed by atoms with Gasteiger partial charge in [-0.15, -0.1) is 11.5 Å². The van der Waals surface area contributed by atoms with E-state index in [4.69, 9.17) is 35.6 Å². The second kappa shape index (κ2) is 37.4. The number of halogens is 3. The second-order valence-electron chi connectivity index (χ2n) is 22.4. The van der Waals surface area contributed by atoms with Crippen molar-refractivity contribution >= 4 is 52.6 Å². The summed E-state index contributed by atoms with van der Waals surface area (Å²) in [7, 11) is 0. The van der Waals surface area contributed by atoms with Gasteiger partial charge >= 0.3 is 6.18 Å². The Labute approximate surface area is 537 Å². The Morgan fingerprint density at radius 1 is 0.882 bits per heavy atom. The number of carbonyl (C=O) groups is 7. The van der Waals surface area contributed by atoms with Crippen LogP contribution in [0.2, 0.25) is 0 Å². The van der Waals surface area contributed by atoms with Gasteiger partial charge in [0.2, 0.25) is 29.5 Å². The molecule has 2 saturated heterocycles. The molecule has 1 unspecified atom stereocenters. The van der Waals surface area contributed by atoms with Crippen molar-refractivity contribution in [3.63, 3.8) is 0 Å². The van der Waals surface area contributed by atoms with Gasteiger partial charge in [0.1, 0.15) is 30.6 Å². The number of pyridine rings is 2. The number of alkyl halides is 3. The van der Waals surface area contributed by atoms with E-state index in [1.165, 1.54) is 24.3 Å². The number of imide groups is 2. The third-order valence-electron chi connectivity index (χ3n) is 14.4. The van der Waals surface area contributed by atoms with Crippen LogP contribution in [0.25, 0.3) is 21.6 Å². The fourth-order valence-electron chi connectivity index (χ4n) is 9.87. The van der Waals surface area contributed by atoms with Crippen molar-refractivity contribution < 1.29 is 70.4 Å². The van der Waals surface area contributed by atoms with Crippen LogP contribution in [0.3, 0.4) is 0 Å². The molecule has 1 atom stereocenters. The second-order valence-corrected chi connectivity index (χ2v) is 22.4. The van der Waals surface area contributed by atoms with Crippen LogP contribution in [0.5, 0.6) is 5.88 Å². The quantitative estimate of drug-likeness (QED) is 0.00709. The summed E-state index contributed by atoms with van der Waals surface area (Å²) in [4.78, 5) is 100. The first-order chi connectivity index (χ1) is 44.7. The van der Waals surface area contributed by atoms with Crippen molar-refractivity contribution in [2.45, 2.75) is 143 Å². The van der Waals surface area contributed by atoms with Crippen LogP contribution in [-0.2, 0) is 63.9 Å². The number of carbonyl (C=O) groups excluding carboxylic acids is 7. The number of anilines is 2. The lowest BCUT2D eigenvalue weighted by atomic mass is 9.98. The number of fused-ring (bicyclic) bond motifs is 1. The van der Waals surface area contributed by atoms with Gasteiger partial charge in [-0.1, -0.05) is 47.3 Å². The number of ketones is 1. The maximum absolute atomic E-state index is 13.1. The van der Waals surface area contributed by atoms with Crippen molar-refractivity contribution in [2.24, 2.45) is 5.11 Å². The van der Waals surface area contributed by atoms with Crippen LogP contribution in [0, 0.1) is 19.3 Å². The topological polar surface area (TPSA) is 313 Å². The summed E-state index contributed by atoms with van der Waals surface area (Å²) in [5.74, 6) is -0.185. The molecule has 0 bridgehead atoms. The molecule has 498 valence electrons. The molecule has 2 fully saturated rings. The molecule has 5 aromatic rings. The van der Waals surface area contributed by atoms with Crippen molar-refractivity contribution in [2.75, 3.05) is 76.1 Å². The summed E-state index contributed by atoms with van der Waals surface area (Å²) in [5, 5.41) is 19.3. The van der Waals surface area contributed by atoms with Crippen LogP contribution in [0.15, 0.2) is 78.3 Å². The number of aromatic nitrogens is 5. The van der Waals surface area contributed by atoms with E-state index in [9.17, 15) is 46.7 Å². The first-order valence-corrected chi connectivity index (χ1v) is 30.8. The minimum Gasteiger partial charge on any atom is -0.474 e. The van der Waals surface area contributed by atoms with Gasteiger partial charge in [0, 0.05) is 97.6 Å². The number of amides is 6. The Bertz CT molecular complexity index is 3450. The SMILES string of the molecule is C#CCOCCOc1ncc(-c2cc(CC(=O)c3cccc(C(F)(F)F)c3)cnc2C)cc1N1CCOCC1.CC(C)NC(=O)CCCCCn1cc(COCCOC(C)C)nn1.[N-]=[N+]=NCCCCCC(=O)Nc1cccc2c1C(=O)N(C1CCC(=O)NC1=O)C2=O. The molecule has 2 aromatic carbocycles. The van der Waals surface area contributed by atoms with Crippen LogP contribution < -0.4 is 25.6 Å². The lowest BCUT2D eigenvalue weighted by Crippen LogP contribution is -2.54. The van der Waals surface area contributed by atoms with Crippen LogP contribution >= 0.6 is 0 Å². The molecular formula is C65H80F3N13O12. The Kier molecular flexibility index (Phi) is 29.3. The molecule has 3 aromatic heterocycles. The van der Waals surface area contributed by atoms with Gasteiger partial charge in [-0.2, -0.15) is 13.2 Å². The minimum atomic E-state index is -4.52. The van der Waals surface area contributed by atoms with Crippen LogP contribution in [-0.4, -0.2) is 155 Å². The van der Waals surface area contributed by atoms with E-state index in [-0.39, 0.29) is 85.2 Å². The van der Waals surface area contributed by atoms with Gasteiger partial charge in [0.05, 0.1) is 74.3 Å². The molecule has 3 aliphatic rings. The number of hydrogen-bond donors (Lipinski definition) is 3. The van der Waals surface area contributed by atoms with Crippen molar-refractivity contribution in [3.05, 3.63) is 123 Å². The Balaban J connectivity index is 0.000000229. The molecular weight excluding hydrogens is 1210 g/mol. The summed E-state index contributed by atoms with van der Waals surface area (Å²) in [6.45, 7) is 15.9. The molecule has 6 heterocycles. The van der Waals surface area contributed by atoms with Gasteiger partial charge in [0.15, 0.2) is 5.78 Å². The summed E-state index contributed by atoms with van der Waals surface area (Å²) in [5.41, 5.74) is 12.2. The average Bonchev–Trinajstić information content (AvgIpc) is 1.63. The van der Waals surface area contributed by atoms with Gasteiger partial charge in [-0.25, -0.2) is 4.98 Å². The van der Waals surface area contributed by atoms with E-state index in [0.29, 0.717) is 96.4 Å². The number of nitrogens with zero attached hydrogens (tertiary/aromatic N) is 10. The van der Waals surface area contributed by atoms with Crippen LogP contribution in [0.1, 0.15) is 145 Å². The van der Waals surface area contributed by atoms with Gasteiger partial charge in [-0.05, 0) is 114 Å². The highest BCUT2D eigenvalue weighted by Crippen LogP contribution is 2.35. The number of hydrogen-bond acceptors (Lipinski definition) is 18. The Hall–Kier alpha value is -9.13. The maximum atomic E-state index is 13.1. The predicted octanol–water partition coefficient (Wildman–Crippen LogP) is 8.96. The lowest BCUT2D eigenvalue weighted by Gasteiger charge is -2.30. The van der Waals surface area contributed by atoms with Gasteiger partial charge < -0.3 is 39.2 Å². The number of rotatable bonds is 31. The highest BCUT2D eigenvalue weighted by molar-refractivity contribution is 6.26. The van der Waals surface area contributed by atoms with E-state index < -0.39 is 47.2 Å². The molecule has 6 amide bonds. The normalized spacial score (nSPS) is 14.5. The molecule has 28 heteroatoms. The Morgan fingerprint density at radius 3 is 2.34 bits per heavy atom. The number of aryl methyl sites for hydroxylation is 2. The largest absolute Gasteiger partial charge is 0.474 e. The number of benzene rings is 2. The number of terminal acetylenes is 1. The number of morpholine rings is 1.